The summed E-state index contributed by atoms with van der Waals surface area (Å²) in [7, 11) is -3.49. The van der Waals surface area contributed by atoms with Crippen molar-refractivity contribution in [3.63, 3.8) is 0 Å². The maximum atomic E-state index is 12.7. The van der Waals surface area contributed by atoms with Crippen LogP contribution in [0.1, 0.15) is 30.1 Å². The van der Waals surface area contributed by atoms with Crippen LogP contribution in [0.3, 0.4) is 0 Å². The Labute approximate surface area is 169 Å². The van der Waals surface area contributed by atoms with Gasteiger partial charge >= 0.3 is 0 Å². The number of nitrogens with zero attached hydrogens (tertiary/aromatic N) is 1. The number of hydrogen-bond donors (Lipinski definition) is 1. The molecule has 0 unspecified atom stereocenters. The number of carbonyl (C=O) groups is 1. The van der Waals surface area contributed by atoms with Crippen molar-refractivity contribution < 1.29 is 13.2 Å². The SMILES string of the molecule is CC1CCN(S(=O)(=O)c2ccc(C(=O)CNc3ccccc3Br)cc2)CC1. The highest BCUT2D eigenvalue weighted by molar-refractivity contribution is 9.10. The molecule has 0 bridgehead atoms. The summed E-state index contributed by atoms with van der Waals surface area (Å²) in [5.41, 5.74) is 1.32. The summed E-state index contributed by atoms with van der Waals surface area (Å²) in [6.07, 6.45) is 1.77. The number of carbonyl (C=O) groups excluding carboxylic acids is 1. The molecule has 27 heavy (non-hydrogen) atoms. The standard InChI is InChI=1S/C20H23BrN2O3S/c1-15-10-12-23(13-11-15)27(25,26)17-8-6-16(7-9-17)20(24)14-22-19-5-3-2-4-18(19)21/h2-9,15,22H,10-14H2,1H3. The molecule has 1 heterocycles. The molecule has 0 atom stereocenters. The van der Waals surface area contributed by atoms with Crippen molar-refractivity contribution >= 4 is 37.4 Å². The lowest BCUT2D eigenvalue weighted by Crippen LogP contribution is -2.37. The van der Waals surface area contributed by atoms with Gasteiger partial charge in [0.2, 0.25) is 10.0 Å². The molecule has 7 heteroatoms. The van der Waals surface area contributed by atoms with E-state index in [0.29, 0.717) is 24.6 Å². The number of piperidine rings is 1. The van der Waals surface area contributed by atoms with Crippen molar-refractivity contribution in [1.29, 1.82) is 0 Å². The van der Waals surface area contributed by atoms with Crippen molar-refractivity contribution in [3.05, 3.63) is 58.6 Å². The van der Waals surface area contributed by atoms with Gasteiger partial charge in [0.15, 0.2) is 5.78 Å². The number of rotatable bonds is 6. The highest BCUT2D eigenvalue weighted by Crippen LogP contribution is 2.24. The van der Waals surface area contributed by atoms with Crippen LogP contribution in [0.4, 0.5) is 5.69 Å². The third-order valence-corrected chi connectivity index (χ3v) is 7.47. The fraction of sp³-hybridized carbons (Fsp3) is 0.350. The zero-order valence-electron chi connectivity index (χ0n) is 15.2. The number of para-hydroxylation sites is 1. The molecule has 1 N–H and O–H groups in total. The van der Waals surface area contributed by atoms with Crippen molar-refractivity contribution in [1.82, 2.24) is 4.31 Å². The van der Waals surface area contributed by atoms with Crippen LogP contribution in [0.2, 0.25) is 0 Å². The lowest BCUT2D eigenvalue weighted by Gasteiger charge is -2.29. The maximum Gasteiger partial charge on any atom is 0.243 e. The summed E-state index contributed by atoms with van der Waals surface area (Å²) in [6.45, 7) is 3.39. The van der Waals surface area contributed by atoms with Gasteiger partial charge in [0.25, 0.3) is 0 Å². The van der Waals surface area contributed by atoms with Crippen LogP contribution in [0.5, 0.6) is 0 Å². The first kappa shape index (κ1) is 20.0. The van der Waals surface area contributed by atoms with Gasteiger partial charge in [-0.15, -0.1) is 0 Å². The quantitative estimate of drug-likeness (QED) is 0.670. The minimum Gasteiger partial charge on any atom is -0.377 e. The van der Waals surface area contributed by atoms with E-state index in [4.69, 9.17) is 0 Å². The fourth-order valence-corrected chi connectivity index (χ4v) is 4.96. The van der Waals surface area contributed by atoms with Crippen LogP contribution < -0.4 is 5.32 Å². The Morgan fingerprint density at radius 2 is 1.74 bits per heavy atom. The molecule has 0 saturated carbocycles. The van der Waals surface area contributed by atoms with E-state index in [-0.39, 0.29) is 17.2 Å². The van der Waals surface area contributed by atoms with Crippen LogP contribution in [0.25, 0.3) is 0 Å². The van der Waals surface area contributed by atoms with Gasteiger partial charge in [-0.1, -0.05) is 19.1 Å². The molecular formula is C20H23BrN2O3S. The van der Waals surface area contributed by atoms with Crippen molar-refractivity contribution in [3.8, 4) is 0 Å². The molecule has 144 valence electrons. The Balaban J connectivity index is 1.66. The van der Waals surface area contributed by atoms with Crippen LogP contribution >= 0.6 is 15.9 Å². The Morgan fingerprint density at radius 3 is 2.37 bits per heavy atom. The summed E-state index contributed by atoms with van der Waals surface area (Å²) in [4.78, 5) is 12.6. The lowest BCUT2D eigenvalue weighted by atomic mass is 10.0. The van der Waals surface area contributed by atoms with E-state index in [9.17, 15) is 13.2 Å². The summed E-state index contributed by atoms with van der Waals surface area (Å²) in [5, 5.41) is 3.09. The van der Waals surface area contributed by atoms with Gasteiger partial charge in [0.05, 0.1) is 11.4 Å². The van der Waals surface area contributed by atoms with Gasteiger partial charge in [-0.25, -0.2) is 8.42 Å². The zero-order chi connectivity index (χ0) is 19.4. The second-order valence-corrected chi connectivity index (χ2v) is 9.66. The summed E-state index contributed by atoms with van der Waals surface area (Å²) in [6, 6.07) is 13.8. The normalized spacial score (nSPS) is 16.2. The van der Waals surface area contributed by atoms with Crippen LogP contribution in [0.15, 0.2) is 57.9 Å². The highest BCUT2D eigenvalue weighted by atomic mass is 79.9. The Kier molecular flexibility index (Phi) is 6.34. The minimum atomic E-state index is -3.49. The maximum absolute atomic E-state index is 12.7. The molecule has 3 rings (SSSR count). The summed E-state index contributed by atoms with van der Waals surface area (Å²) >= 11 is 3.43. The van der Waals surface area contributed by atoms with Gasteiger partial charge in [0.1, 0.15) is 0 Å². The minimum absolute atomic E-state index is 0.0958. The second kappa shape index (κ2) is 8.54. The first-order valence-corrected chi connectivity index (χ1v) is 11.2. The fourth-order valence-electron chi connectivity index (χ4n) is 3.07. The second-order valence-electron chi connectivity index (χ2n) is 6.87. The van der Waals surface area contributed by atoms with Crippen molar-refractivity contribution in [2.75, 3.05) is 25.0 Å². The van der Waals surface area contributed by atoms with Gasteiger partial charge in [-0.3, -0.25) is 4.79 Å². The number of nitrogens with one attached hydrogen (secondary N) is 1. The molecule has 0 aromatic heterocycles. The van der Waals surface area contributed by atoms with Gasteiger partial charge in [0, 0.05) is 28.8 Å². The average molecular weight is 451 g/mol. The predicted octanol–water partition coefficient (Wildman–Crippen LogP) is 4.16. The topological polar surface area (TPSA) is 66.5 Å². The largest absolute Gasteiger partial charge is 0.377 e. The molecule has 1 aliphatic rings. The molecule has 1 fully saturated rings. The molecule has 2 aromatic carbocycles. The molecule has 0 aliphatic carbocycles. The highest BCUT2D eigenvalue weighted by Gasteiger charge is 2.28. The molecule has 1 aliphatic heterocycles. The molecular weight excluding hydrogens is 428 g/mol. The van der Waals surface area contributed by atoms with Crippen LogP contribution in [-0.2, 0) is 10.0 Å². The lowest BCUT2D eigenvalue weighted by molar-refractivity contribution is 0.101. The molecule has 1 saturated heterocycles. The zero-order valence-corrected chi connectivity index (χ0v) is 17.6. The number of benzene rings is 2. The van der Waals surface area contributed by atoms with E-state index in [1.54, 1.807) is 12.1 Å². The van der Waals surface area contributed by atoms with E-state index in [2.05, 4.69) is 28.2 Å². The van der Waals surface area contributed by atoms with E-state index in [1.807, 2.05) is 24.3 Å². The molecule has 5 nitrogen and oxygen atoms in total. The van der Waals surface area contributed by atoms with Crippen LogP contribution in [-0.4, -0.2) is 38.1 Å². The third-order valence-electron chi connectivity index (χ3n) is 4.87. The summed E-state index contributed by atoms with van der Waals surface area (Å²) < 4.78 is 27.9. The van der Waals surface area contributed by atoms with Crippen LogP contribution in [0, 0.1) is 5.92 Å². The van der Waals surface area contributed by atoms with E-state index in [1.165, 1.54) is 16.4 Å². The smallest absolute Gasteiger partial charge is 0.243 e. The number of sulfonamides is 1. The number of hydrogen-bond acceptors (Lipinski definition) is 4. The number of ketones is 1. The average Bonchev–Trinajstić information content (AvgIpc) is 2.67. The first-order valence-electron chi connectivity index (χ1n) is 9.00. The van der Waals surface area contributed by atoms with Gasteiger partial charge in [-0.2, -0.15) is 4.31 Å². The number of anilines is 1. The Morgan fingerprint density at radius 1 is 1.11 bits per heavy atom. The number of halogens is 1. The Bertz CT molecular complexity index is 905. The van der Waals surface area contributed by atoms with E-state index < -0.39 is 10.0 Å². The van der Waals surface area contributed by atoms with Crippen molar-refractivity contribution in [2.24, 2.45) is 5.92 Å². The van der Waals surface area contributed by atoms with Gasteiger partial charge < -0.3 is 5.32 Å². The molecule has 0 radical (unpaired) electrons. The van der Waals surface area contributed by atoms with E-state index in [0.717, 1.165) is 23.0 Å². The first-order chi connectivity index (χ1) is 12.9. The number of Topliss-reactive ketones (excluding diaryl/α,β-unsaturated/α-hetero) is 1. The predicted molar refractivity (Wildman–Crippen MR) is 111 cm³/mol. The Hall–Kier alpha value is -1.70. The molecule has 2 aromatic rings. The monoisotopic (exact) mass is 450 g/mol. The summed E-state index contributed by atoms with van der Waals surface area (Å²) in [5.74, 6) is 0.468. The molecule has 0 spiro atoms. The van der Waals surface area contributed by atoms with E-state index >= 15 is 0 Å². The van der Waals surface area contributed by atoms with Crippen molar-refractivity contribution in [2.45, 2.75) is 24.7 Å². The third kappa shape index (κ3) is 4.78. The van der Waals surface area contributed by atoms with Gasteiger partial charge in [-0.05, 0) is 71.1 Å². The molecule has 0 amide bonds.